The summed E-state index contributed by atoms with van der Waals surface area (Å²) in [5, 5.41) is 25.2. The molecule has 0 aromatic heterocycles. The van der Waals surface area contributed by atoms with E-state index in [1.807, 2.05) is 0 Å². The van der Waals surface area contributed by atoms with Crippen LogP contribution in [-0.2, 0) is 24.0 Å². The van der Waals surface area contributed by atoms with E-state index in [2.05, 4.69) is 20.9 Å². The molecular weight excluding hydrogens is 440 g/mol. The first kappa shape index (κ1) is 29.5. The fourth-order valence-electron chi connectivity index (χ4n) is 2.60. The van der Waals surface area contributed by atoms with Crippen molar-refractivity contribution >= 4 is 35.6 Å². The molecule has 0 spiro atoms. The molecule has 188 valence electrons. The second-order valence-corrected chi connectivity index (χ2v) is 7.60. The number of rotatable bonds is 15. The van der Waals surface area contributed by atoms with Crippen LogP contribution in [0.25, 0.3) is 0 Å². The number of aliphatic hydroxyl groups excluding tert-OH is 1. The van der Waals surface area contributed by atoms with Crippen LogP contribution in [0.5, 0.6) is 0 Å². The molecule has 15 nitrogen and oxygen atoms in total. The smallest absolute Gasteiger partial charge is 0.328 e. The van der Waals surface area contributed by atoms with Crippen LogP contribution in [0.4, 0.5) is 0 Å². The van der Waals surface area contributed by atoms with Crippen molar-refractivity contribution in [2.45, 2.75) is 57.3 Å². The summed E-state index contributed by atoms with van der Waals surface area (Å²) in [6.45, 7) is 2.53. The average Bonchev–Trinajstić information content (AvgIpc) is 2.70. The van der Waals surface area contributed by atoms with Gasteiger partial charge in [-0.1, -0.05) is 13.8 Å². The number of nitrogens with one attached hydrogen (secondary N) is 3. The minimum atomic E-state index is -1.58. The average molecular weight is 475 g/mol. The number of carboxylic acids is 1. The number of hydrogen-bond acceptors (Lipinski definition) is 8. The van der Waals surface area contributed by atoms with Gasteiger partial charge in [-0.3, -0.25) is 24.2 Å². The predicted octanol–water partition coefficient (Wildman–Crippen LogP) is -4.57. The number of hydrogen-bond donors (Lipinski definition) is 9. The molecule has 0 fully saturated rings. The van der Waals surface area contributed by atoms with Gasteiger partial charge < -0.3 is 49.1 Å². The molecule has 0 aliphatic rings. The summed E-state index contributed by atoms with van der Waals surface area (Å²) in [6.07, 6.45) is -0.160. The van der Waals surface area contributed by atoms with Gasteiger partial charge in [-0.15, -0.1) is 0 Å². The zero-order valence-electron chi connectivity index (χ0n) is 18.6. The third-order valence-corrected chi connectivity index (χ3v) is 4.38. The van der Waals surface area contributed by atoms with Crippen molar-refractivity contribution < 1.29 is 34.2 Å². The monoisotopic (exact) mass is 474 g/mol. The van der Waals surface area contributed by atoms with E-state index in [1.165, 1.54) is 0 Å². The highest BCUT2D eigenvalue weighted by Crippen LogP contribution is 2.06. The number of aliphatic hydroxyl groups is 1. The highest BCUT2D eigenvalue weighted by molar-refractivity contribution is 5.95. The number of nitrogens with two attached hydrogens (primary N) is 4. The lowest BCUT2D eigenvalue weighted by Crippen LogP contribution is -2.58. The van der Waals surface area contributed by atoms with Gasteiger partial charge in [0.15, 0.2) is 5.96 Å². The van der Waals surface area contributed by atoms with Gasteiger partial charge >= 0.3 is 5.97 Å². The van der Waals surface area contributed by atoms with Crippen molar-refractivity contribution in [1.82, 2.24) is 16.0 Å². The number of carboxylic acid groups (broad SMARTS) is 1. The summed E-state index contributed by atoms with van der Waals surface area (Å²) in [5.74, 6) is -5.27. The molecule has 0 heterocycles. The summed E-state index contributed by atoms with van der Waals surface area (Å²) in [4.78, 5) is 63.5. The van der Waals surface area contributed by atoms with Crippen LogP contribution in [-0.4, -0.2) is 83.1 Å². The molecular formula is C18H34N8O7. The van der Waals surface area contributed by atoms with E-state index in [1.54, 1.807) is 13.8 Å². The Bertz CT molecular complexity index is 739. The van der Waals surface area contributed by atoms with Gasteiger partial charge in [0.2, 0.25) is 23.6 Å². The minimum Gasteiger partial charge on any atom is -0.480 e. The Labute approximate surface area is 190 Å². The topological polar surface area (TPSA) is 278 Å². The molecule has 33 heavy (non-hydrogen) atoms. The third kappa shape index (κ3) is 11.6. The van der Waals surface area contributed by atoms with Crippen LogP contribution >= 0.6 is 0 Å². The Balaban J connectivity index is 5.46. The summed E-state index contributed by atoms with van der Waals surface area (Å²) in [5.41, 5.74) is 21.1. The summed E-state index contributed by atoms with van der Waals surface area (Å²) >= 11 is 0. The molecule has 0 aliphatic heterocycles. The molecule has 0 rings (SSSR count). The quantitative estimate of drug-likeness (QED) is 0.0622. The molecule has 4 unspecified atom stereocenters. The maximum Gasteiger partial charge on any atom is 0.328 e. The van der Waals surface area contributed by atoms with Gasteiger partial charge in [0.25, 0.3) is 0 Å². The SMILES string of the molecule is CC(C)C(NC(=O)C(N)CC(N)=O)C(=O)NC(CCCN=C(N)N)C(=O)NC(CO)C(=O)O. The molecule has 4 amide bonds. The van der Waals surface area contributed by atoms with Crippen LogP contribution in [0.2, 0.25) is 0 Å². The maximum absolute atomic E-state index is 12.8. The first-order valence-corrected chi connectivity index (χ1v) is 10.1. The Morgan fingerprint density at radius 3 is 1.94 bits per heavy atom. The van der Waals surface area contributed by atoms with Crippen molar-refractivity contribution in [2.24, 2.45) is 33.8 Å². The highest BCUT2D eigenvalue weighted by Gasteiger charge is 2.31. The lowest BCUT2D eigenvalue weighted by molar-refractivity contribution is -0.143. The number of guanidine groups is 1. The largest absolute Gasteiger partial charge is 0.480 e. The number of primary amides is 1. The van der Waals surface area contributed by atoms with Crippen molar-refractivity contribution in [3.8, 4) is 0 Å². The van der Waals surface area contributed by atoms with Crippen molar-refractivity contribution in [3.05, 3.63) is 0 Å². The lowest BCUT2D eigenvalue weighted by atomic mass is 10.0. The zero-order valence-corrected chi connectivity index (χ0v) is 18.6. The fourth-order valence-corrected chi connectivity index (χ4v) is 2.60. The normalized spacial score (nSPS) is 14.3. The third-order valence-electron chi connectivity index (χ3n) is 4.38. The first-order valence-electron chi connectivity index (χ1n) is 10.1. The van der Waals surface area contributed by atoms with Gasteiger partial charge in [0.1, 0.15) is 18.1 Å². The number of aliphatic imine (C=N–C) groups is 1. The molecule has 15 heteroatoms. The van der Waals surface area contributed by atoms with Gasteiger partial charge in [-0.2, -0.15) is 0 Å². The fraction of sp³-hybridized carbons (Fsp3) is 0.667. The molecule has 13 N–H and O–H groups in total. The van der Waals surface area contributed by atoms with Crippen molar-refractivity contribution in [3.63, 3.8) is 0 Å². The van der Waals surface area contributed by atoms with Crippen LogP contribution in [0.1, 0.15) is 33.1 Å². The summed E-state index contributed by atoms with van der Waals surface area (Å²) in [6, 6.07) is -5.20. The Hall–Kier alpha value is -3.46. The molecule has 0 saturated carbocycles. The van der Waals surface area contributed by atoms with E-state index >= 15 is 0 Å². The van der Waals surface area contributed by atoms with Crippen LogP contribution in [0.15, 0.2) is 4.99 Å². The van der Waals surface area contributed by atoms with Gasteiger partial charge in [-0.25, -0.2) is 4.79 Å². The Morgan fingerprint density at radius 1 is 0.909 bits per heavy atom. The number of carbonyl (C=O) groups is 5. The number of nitrogens with zero attached hydrogens (tertiary/aromatic N) is 1. The van der Waals surface area contributed by atoms with Crippen molar-refractivity contribution in [1.29, 1.82) is 0 Å². The van der Waals surface area contributed by atoms with E-state index in [0.717, 1.165) is 0 Å². The van der Waals surface area contributed by atoms with Crippen LogP contribution < -0.4 is 38.9 Å². The Kier molecular flexibility index (Phi) is 13.0. The number of aliphatic carboxylic acids is 1. The molecule has 0 aromatic rings. The number of amides is 4. The molecule has 0 aliphatic carbocycles. The van der Waals surface area contributed by atoms with E-state index in [9.17, 15) is 24.0 Å². The second kappa shape index (κ2) is 14.6. The van der Waals surface area contributed by atoms with E-state index < -0.39 is 72.7 Å². The summed E-state index contributed by atoms with van der Waals surface area (Å²) < 4.78 is 0. The molecule has 0 saturated heterocycles. The second-order valence-electron chi connectivity index (χ2n) is 7.60. The molecule has 4 atom stereocenters. The molecule has 0 aromatic carbocycles. The van der Waals surface area contributed by atoms with Gasteiger partial charge in [0, 0.05) is 6.54 Å². The van der Waals surface area contributed by atoms with Gasteiger partial charge in [-0.05, 0) is 18.8 Å². The predicted molar refractivity (Wildman–Crippen MR) is 117 cm³/mol. The van der Waals surface area contributed by atoms with Gasteiger partial charge in [0.05, 0.1) is 19.1 Å². The summed E-state index contributed by atoms with van der Waals surface area (Å²) in [7, 11) is 0. The van der Waals surface area contributed by atoms with Crippen LogP contribution in [0, 0.1) is 5.92 Å². The van der Waals surface area contributed by atoms with E-state index in [4.69, 9.17) is 33.1 Å². The standard InChI is InChI=1S/C18H34N8O7/c1-8(2)13(26-14(29)9(19)6-12(20)28)16(31)24-10(4-3-5-23-18(21)22)15(30)25-11(7-27)17(32)33/h8-11,13,27H,3-7,19H2,1-2H3,(H2,20,28)(H,24,31)(H,25,30)(H,26,29)(H,32,33)(H4,21,22,23). The molecule has 0 bridgehead atoms. The highest BCUT2D eigenvalue weighted by atomic mass is 16.4. The Morgan fingerprint density at radius 2 is 1.48 bits per heavy atom. The van der Waals surface area contributed by atoms with E-state index in [-0.39, 0.29) is 25.3 Å². The maximum atomic E-state index is 12.8. The zero-order chi connectivity index (χ0) is 25.7. The van der Waals surface area contributed by atoms with Crippen LogP contribution in [0.3, 0.4) is 0 Å². The lowest BCUT2D eigenvalue weighted by Gasteiger charge is -2.26. The van der Waals surface area contributed by atoms with Crippen molar-refractivity contribution in [2.75, 3.05) is 13.2 Å². The number of carbonyl (C=O) groups excluding carboxylic acids is 4. The first-order chi connectivity index (χ1) is 15.3. The minimum absolute atomic E-state index is 0.0199. The molecule has 0 radical (unpaired) electrons. The van der Waals surface area contributed by atoms with E-state index in [0.29, 0.717) is 0 Å².